The van der Waals surface area contributed by atoms with Gasteiger partial charge in [-0.25, -0.2) is 0 Å². The van der Waals surface area contributed by atoms with Crippen LogP contribution in [0.15, 0.2) is 42.5 Å². The minimum atomic E-state index is -0.0192. The zero-order valence-corrected chi connectivity index (χ0v) is 12.6. The number of nitrogens with zero attached hydrogens (tertiary/aromatic N) is 1. The molecule has 0 radical (unpaired) electrons. The van der Waals surface area contributed by atoms with Gasteiger partial charge in [0.05, 0.1) is 16.1 Å². The van der Waals surface area contributed by atoms with Crippen molar-refractivity contribution in [2.45, 2.75) is 6.04 Å². The Labute approximate surface area is 128 Å². The number of rotatable bonds is 4. The highest BCUT2D eigenvalue weighted by Gasteiger charge is 2.17. The van der Waals surface area contributed by atoms with Gasteiger partial charge < -0.3 is 15.7 Å². The van der Waals surface area contributed by atoms with E-state index < -0.39 is 0 Å². The van der Waals surface area contributed by atoms with E-state index in [4.69, 9.17) is 28.9 Å². The topological polar surface area (TPSA) is 49.5 Å². The summed E-state index contributed by atoms with van der Waals surface area (Å²) in [5.41, 5.74) is 7.85. The number of halogens is 2. The van der Waals surface area contributed by atoms with Crippen molar-refractivity contribution in [2.24, 2.45) is 5.73 Å². The number of phenolic OH excluding ortho intramolecular Hbond substituents is 1. The molecular formula is C15H16Cl2N2O. The first-order valence-electron chi connectivity index (χ1n) is 6.20. The van der Waals surface area contributed by atoms with Crippen molar-refractivity contribution in [3.05, 3.63) is 58.1 Å². The van der Waals surface area contributed by atoms with Crippen LogP contribution in [-0.4, -0.2) is 18.7 Å². The average molecular weight is 311 g/mol. The van der Waals surface area contributed by atoms with E-state index in [-0.39, 0.29) is 11.8 Å². The van der Waals surface area contributed by atoms with Crippen molar-refractivity contribution in [1.29, 1.82) is 0 Å². The largest absolute Gasteiger partial charge is 0.508 e. The lowest BCUT2D eigenvalue weighted by atomic mass is 10.1. The number of benzene rings is 2. The van der Waals surface area contributed by atoms with Gasteiger partial charge in [0.15, 0.2) is 0 Å². The van der Waals surface area contributed by atoms with Gasteiger partial charge in [-0.3, -0.25) is 0 Å². The second-order valence-electron chi connectivity index (χ2n) is 4.55. The molecule has 106 valence electrons. The Morgan fingerprint density at radius 3 is 2.30 bits per heavy atom. The highest BCUT2D eigenvalue weighted by Crippen LogP contribution is 2.30. The Morgan fingerprint density at radius 2 is 1.75 bits per heavy atom. The number of phenols is 1. The zero-order chi connectivity index (χ0) is 14.7. The molecule has 3 nitrogen and oxygen atoms in total. The Hall–Kier alpha value is -1.42. The second kappa shape index (κ2) is 6.35. The van der Waals surface area contributed by atoms with Crippen molar-refractivity contribution < 1.29 is 5.11 Å². The standard InChI is InChI=1S/C15H16Cl2N2O/c1-19(11-3-5-12(20)6-4-11)15(9-18)10-2-7-13(16)14(17)8-10/h2-8,15,20H,9,18H2,1H3. The third-order valence-electron chi connectivity index (χ3n) is 3.28. The lowest BCUT2D eigenvalue weighted by molar-refractivity contribution is 0.475. The first-order chi connectivity index (χ1) is 9.52. The molecule has 0 saturated heterocycles. The Morgan fingerprint density at radius 1 is 1.10 bits per heavy atom. The van der Waals surface area contributed by atoms with Gasteiger partial charge in [-0.15, -0.1) is 0 Å². The Balaban J connectivity index is 2.31. The Bertz CT molecular complexity index is 587. The molecule has 5 heteroatoms. The molecule has 20 heavy (non-hydrogen) atoms. The van der Waals surface area contributed by atoms with E-state index >= 15 is 0 Å². The quantitative estimate of drug-likeness (QED) is 0.902. The number of aromatic hydroxyl groups is 1. The molecule has 1 unspecified atom stereocenters. The summed E-state index contributed by atoms with van der Waals surface area (Å²) in [4.78, 5) is 2.04. The van der Waals surface area contributed by atoms with E-state index in [0.717, 1.165) is 11.3 Å². The SMILES string of the molecule is CN(c1ccc(O)cc1)C(CN)c1ccc(Cl)c(Cl)c1. The molecule has 0 bridgehead atoms. The smallest absolute Gasteiger partial charge is 0.115 e. The molecule has 0 saturated carbocycles. The van der Waals surface area contributed by atoms with Crippen LogP contribution < -0.4 is 10.6 Å². The van der Waals surface area contributed by atoms with Gasteiger partial charge in [-0.05, 0) is 42.0 Å². The number of hydrogen-bond acceptors (Lipinski definition) is 3. The van der Waals surface area contributed by atoms with Crippen LogP contribution in [0.4, 0.5) is 5.69 Å². The first-order valence-corrected chi connectivity index (χ1v) is 6.95. The monoisotopic (exact) mass is 310 g/mol. The molecule has 0 fully saturated rings. The highest BCUT2D eigenvalue weighted by molar-refractivity contribution is 6.42. The molecule has 1 atom stereocenters. The predicted molar refractivity (Wildman–Crippen MR) is 84.8 cm³/mol. The molecule has 0 aliphatic carbocycles. The Kier molecular flexibility index (Phi) is 4.76. The van der Waals surface area contributed by atoms with E-state index in [1.54, 1.807) is 18.2 Å². The first kappa shape index (κ1) is 15.0. The van der Waals surface area contributed by atoms with Crippen LogP contribution in [0.3, 0.4) is 0 Å². The normalized spacial score (nSPS) is 12.2. The van der Waals surface area contributed by atoms with Crippen molar-refractivity contribution in [3.8, 4) is 5.75 Å². The molecule has 0 heterocycles. The minimum Gasteiger partial charge on any atom is -0.508 e. The molecule has 0 amide bonds. The van der Waals surface area contributed by atoms with Gasteiger partial charge >= 0.3 is 0 Å². The van der Waals surface area contributed by atoms with E-state index in [1.807, 2.05) is 36.2 Å². The fraction of sp³-hybridized carbons (Fsp3) is 0.200. The molecule has 2 rings (SSSR count). The van der Waals surface area contributed by atoms with Crippen LogP contribution in [0.2, 0.25) is 10.0 Å². The minimum absolute atomic E-state index is 0.0192. The van der Waals surface area contributed by atoms with Gasteiger partial charge in [-0.1, -0.05) is 29.3 Å². The summed E-state index contributed by atoms with van der Waals surface area (Å²) >= 11 is 12.0. The summed E-state index contributed by atoms with van der Waals surface area (Å²) in [5.74, 6) is 0.237. The van der Waals surface area contributed by atoms with E-state index in [9.17, 15) is 5.11 Å². The van der Waals surface area contributed by atoms with Gasteiger partial charge in [0.1, 0.15) is 5.75 Å². The van der Waals surface area contributed by atoms with Crippen molar-refractivity contribution >= 4 is 28.9 Å². The molecule has 2 aromatic carbocycles. The van der Waals surface area contributed by atoms with Crippen LogP contribution in [0, 0.1) is 0 Å². The maximum absolute atomic E-state index is 9.34. The maximum Gasteiger partial charge on any atom is 0.115 e. The predicted octanol–water partition coefficient (Wildman–Crippen LogP) is 3.84. The van der Waals surface area contributed by atoms with E-state index in [0.29, 0.717) is 16.6 Å². The van der Waals surface area contributed by atoms with Gasteiger partial charge in [-0.2, -0.15) is 0 Å². The van der Waals surface area contributed by atoms with Gasteiger partial charge in [0.25, 0.3) is 0 Å². The lowest BCUT2D eigenvalue weighted by Gasteiger charge is -2.29. The van der Waals surface area contributed by atoms with E-state index in [1.165, 1.54) is 0 Å². The lowest BCUT2D eigenvalue weighted by Crippen LogP contribution is -2.30. The number of hydrogen-bond donors (Lipinski definition) is 2. The van der Waals surface area contributed by atoms with Crippen molar-refractivity contribution in [1.82, 2.24) is 0 Å². The van der Waals surface area contributed by atoms with Gasteiger partial charge in [0.2, 0.25) is 0 Å². The summed E-state index contributed by atoms with van der Waals surface area (Å²) in [6.45, 7) is 0.440. The van der Waals surface area contributed by atoms with Crippen molar-refractivity contribution in [3.63, 3.8) is 0 Å². The van der Waals surface area contributed by atoms with Crippen LogP contribution in [0.5, 0.6) is 5.75 Å². The summed E-state index contributed by atoms with van der Waals surface area (Å²) in [6, 6.07) is 12.5. The molecule has 0 aromatic heterocycles. The van der Waals surface area contributed by atoms with Crippen LogP contribution in [0.1, 0.15) is 11.6 Å². The fourth-order valence-electron chi connectivity index (χ4n) is 2.11. The van der Waals surface area contributed by atoms with Gasteiger partial charge in [0, 0.05) is 19.3 Å². The molecule has 0 aliphatic heterocycles. The number of nitrogens with two attached hydrogens (primary N) is 1. The summed E-state index contributed by atoms with van der Waals surface area (Å²) in [7, 11) is 1.95. The molecule has 0 spiro atoms. The summed E-state index contributed by atoms with van der Waals surface area (Å²) < 4.78 is 0. The van der Waals surface area contributed by atoms with Crippen LogP contribution >= 0.6 is 23.2 Å². The molecular weight excluding hydrogens is 295 g/mol. The summed E-state index contributed by atoms with van der Waals surface area (Å²) in [5, 5.41) is 10.4. The van der Waals surface area contributed by atoms with Crippen molar-refractivity contribution in [2.75, 3.05) is 18.5 Å². The number of anilines is 1. The molecule has 0 aliphatic rings. The van der Waals surface area contributed by atoms with Crippen LogP contribution in [-0.2, 0) is 0 Å². The third kappa shape index (κ3) is 3.18. The zero-order valence-electron chi connectivity index (χ0n) is 11.1. The van der Waals surface area contributed by atoms with Crippen LogP contribution in [0.25, 0.3) is 0 Å². The van der Waals surface area contributed by atoms with E-state index in [2.05, 4.69) is 0 Å². The molecule has 2 aromatic rings. The fourth-order valence-corrected chi connectivity index (χ4v) is 2.41. The second-order valence-corrected chi connectivity index (χ2v) is 5.37. The maximum atomic E-state index is 9.34. The third-order valence-corrected chi connectivity index (χ3v) is 4.02. The number of likely N-dealkylation sites (N-methyl/N-ethyl adjacent to an activating group) is 1. The highest BCUT2D eigenvalue weighted by atomic mass is 35.5. The molecule has 3 N–H and O–H groups in total. The average Bonchev–Trinajstić information content (AvgIpc) is 2.44. The summed E-state index contributed by atoms with van der Waals surface area (Å²) in [6.07, 6.45) is 0.